The summed E-state index contributed by atoms with van der Waals surface area (Å²) in [4.78, 5) is 42.8. The highest BCUT2D eigenvalue weighted by molar-refractivity contribution is 6.24. The minimum Gasteiger partial charge on any atom is -0.511 e. The van der Waals surface area contributed by atoms with Gasteiger partial charge in [0, 0.05) is 44.2 Å². The fourth-order valence-electron chi connectivity index (χ4n) is 6.38. The van der Waals surface area contributed by atoms with Crippen LogP contribution in [-0.4, -0.2) is 76.1 Å². The van der Waals surface area contributed by atoms with E-state index in [1.165, 1.54) is 0 Å². The summed E-state index contributed by atoms with van der Waals surface area (Å²) in [7, 11) is 5.53. The Morgan fingerprint density at radius 1 is 1.10 bits per heavy atom. The van der Waals surface area contributed by atoms with Gasteiger partial charge in [-0.25, -0.2) is 0 Å². The normalized spacial score (nSPS) is 23.2. The second kappa shape index (κ2) is 10.7. The quantitative estimate of drug-likeness (QED) is 0.267. The van der Waals surface area contributed by atoms with E-state index >= 15 is 0 Å². The molecule has 1 amide bonds. The van der Waals surface area contributed by atoms with Crippen molar-refractivity contribution < 1.29 is 34.8 Å². The molecule has 0 saturated heterocycles. The minimum atomic E-state index is -2.60. The maximum Gasteiger partial charge on any atom is 0.255 e. The summed E-state index contributed by atoms with van der Waals surface area (Å²) in [5.41, 5.74) is 4.19. The average molecular weight is 572 g/mol. The van der Waals surface area contributed by atoms with Gasteiger partial charge in [-0.3, -0.25) is 19.3 Å². The lowest BCUT2D eigenvalue weighted by atomic mass is 9.60. The molecule has 5 rings (SSSR count). The average Bonchev–Trinajstić information content (AvgIpc) is 2.92. The van der Waals surface area contributed by atoms with Crippen molar-refractivity contribution in [3.63, 3.8) is 0 Å². The zero-order chi connectivity index (χ0) is 30.5. The molecule has 3 aliphatic rings. The van der Waals surface area contributed by atoms with Gasteiger partial charge in [-0.05, 0) is 43.0 Å². The first kappa shape index (κ1) is 28.9. The lowest BCUT2D eigenvalue weighted by Crippen LogP contribution is -2.57. The van der Waals surface area contributed by atoms with Gasteiger partial charge >= 0.3 is 0 Å². The molecule has 0 saturated carbocycles. The number of hydrogen-bond acceptors (Lipinski definition) is 9. The van der Waals surface area contributed by atoms with Gasteiger partial charge in [0.05, 0.1) is 17.7 Å². The lowest BCUT2D eigenvalue weighted by Gasteiger charge is -2.45. The van der Waals surface area contributed by atoms with E-state index in [4.69, 9.17) is 5.73 Å². The van der Waals surface area contributed by atoms with E-state index in [-0.39, 0.29) is 41.7 Å². The van der Waals surface area contributed by atoms with Gasteiger partial charge in [-0.2, -0.15) is 0 Å². The first-order chi connectivity index (χ1) is 19.9. The Labute approximate surface area is 243 Å². The number of allylic oxidation sites excluding steroid dienone is 2. The van der Waals surface area contributed by atoms with E-state index in [0.29, 0.717) is 24.3 Å². The van der Waals surface area contributed by atoms with Crippen LogP contribution >= 0.6 is 0 Å². The van der Waals surface area contributed by atoms with Crippen molar-refractivity contribution >= 4 is 23.2 Å². The van der Waals surface area contributed by atoms with Crippen molar-refractivity contribution in [2.45, 2.75) is 31.4 Å². The number of hydrogen-bond donors (Lipinski definition) is 5. The third-order valence-electron chi connectivity index (χ3n) is 8.39. The van der Waals surface area contributed by atoms with Crippen LogP contribution in [0.5, 0.6) is 5.75 Å². The van der Waals surface area contributed by atoms with Gasteiger partial charge in [0.2, 0.25) is 5.78 Å². The number of carbonyl (C=O) groups excluding carboxylic acids is 3. The zero-order valence-electron chi connectivity index (χ0n) is 23.6. The number of amides is 1. The van der Waals surface area contributed by atoms with Gasteiger partial charge in [-0.1, -0.05) is 42.2 Å². The molecular weight excluding hydrogens is 538 g/mol. The van der Waals surface area contributed by atoms with Crippen LogP contribution in [-0.2, 0) is 22.6 Å². The first-order valence-corrected chi connectivity index (χ1v) is 13.6. The van der Waals surface area contributed by atoms with Crippen LogP contribution in [0.1, 0.15) is 39.9 Å². The summed E-state index contributed by atoms with van der Waals surface area (Å²) in [6.07, 6.45) is 0.0310. The molecule has 0 aromatic heterocycles. The predicted molar refractivity (Wildman–Crippen MR) is 155 cm³/mol. The van der Waals surface area contributed by atoms with Gasteiger partial charge in [0.1, 0.15) is 22.8 Å². The first-order valence-electron chi connectivity index (χ1n) is 13.6. The van der Waals surface area contributed by atoms with Crippen molar-refractivity contribution in [1.82, 2.24) is 4.90 Å². The van der Waals surface area contributed by atoms with E-state index in [0.717, 1.165) is 5.56 Å². The zero-order valence-corrected chi connectivity index (χ0v) is 23.6. The number of nitrogens with zero attached hydrogens (tertiary/aromatic N) is 2. The van der Waals surface area contributed by atoms with E-state index in [9.17, 15) is 34.8 Å². The third-order valence-corrected chi connectivity index (χ3v) is 8.39. The van der Waals surface area contributed by atoms with Crippen molar-refractivity contribution in [1.29, 1.82) is 0 Å². The molecule has 0 radical (unpaired) electrons. The fraction of sp³-hybridized carbons (Fsp3) is 0.344. The molecule has 1 unspecified atom stereocenters. The summed E-state index contributed by atoms with van der Waals surface area (Å²) in [5, 5.41) is 44.4. The second-order valence-electron chi connectivity index (χ2n) is 11.4. The molecule has 0 fully saturated rings. The van der Waals surface area contributed by atoms with Crippen molar-refractivity contribution in [3.05, 3.63) is 81.3 Å². The number of benzene rings is 2. The Morgan fingerprint density at radius 3 is 2.43 bits per heavy atom. The number of aliphatic hydroxyl groups is 3. The van der Waals surface area contributed by atoms with Crippen LogP contribution in [0, 0.1) is 23.7 Å². The summed E-state index contributed by atoms with van der Waals surface area (Å²) in [5.74, 6) is -0.555. The smallest absolute Gasteiger partial charge is 0.255 e. The monoisotopic (exact) mass is 571 g/mol. The highest BCUT2D eigenvalue weighted by Gasteiger charge is 2.59. The predicted octanol–water partition coefficient (Wildman–Crippen LogP) is 2.13. The third kappa shape index (κ3) is 4.61. The molecule has 6 N–H and O–H groups in total. The molecule has 2 aromatic rings. The van der Waals surface area contributed by atoms with Crippen LogP contribution in [0.3, 0.4) is 0 Å². The van der Waals surface area contributed by atoms with Crippen molar-refractivity contribution in [2.75, 3.05) is 32.6 Å². The number of aromatic hydroxyl groups is 1. The second-order valence-corrected chi connectivity index (χ2v) is 11.4. The summed E-state index contributed by atoms with van der Waals surface area (Å²) in [6.45, 7) is 1.07. The molecule has 0 spiro atoms. The molecule has 0 aliphatic heterocycles. The number of phenolic OH excluding ortho intramolecular Hbond substituents is 1. The molecule has 42 heavy (non-hydrogen) atoms. The Morgan fingerprint density at radius 2 is 1.79 bits per heavy atom. The molecule has 10 heteroatoms. The number of Topliss-reactive ketones (excluding diaryl/α,β-unsaturated/α-hetero) is 2. The molecule has 0 heterocycles. The molecular formula is C32H33N3O7. The number of primary amides is 1. The summed E-state index contributed by atoms with van der Waals surface area (Å²) in [6, 6.07) is 11.6. The largest absolute Gasteiger partial charge is 0.511 e. The summed E-state index contributed by atoms with van der Waals surface area (Å²) < 4.78 is 0. The number of carbonyl (C=O) groups is 3. The Balaban J connectivity index is 1.54. The van der Waals surface area contributed by atoms with Crippen molar-refractivity contribution in [3.8, 4) is 17.6 Å². The van der Waals surface area contributed by atoms with E-state index < -0.39 is 52.0 Å². The molecule has 10 nitrogen and oxygen atoms in total. The van der Waals surface area contributed by atoms with Gasteiger partial charge in [-0.15, -0.1) is 0 Å². The van der Waals surface area contributed by atoms with Crippen LogP contribution in [0.15, 0.2) is 59.1 Å². The number of ketones is 2. The highest BCUT2D eigenvalue weighted by atomic mass is 16.3. The maximum absolute atomic E-state index is 14.0. The molecule has 218 valence electrons. The number of nitrogens with two attached hydrogens (primary N) is 1. The van der Waals surface area contributed by atoms with E-state index in [1.807, 2.05) is 47.2 Å². The molecule has 0 bridgehead atoms. The van der Waals surface area contributed by atoms with Crippen LogP contribution < -0.4 is 10.6 Å². The molecule has 3 aliphatic carbocycles. The number of phenols is 1. The van der Waals surface area contributed by atoms with Crippen LogP contribution in [0.2, 0.25) is 0 Å². The lowest BCUT2D eigenvalue weighted by molar-refractivity contribution is -0.144. The SMILES string of the molecule is CN(CC#Cc1cc(N(C)C)c2c(c1O)C(=O)C1=C(O)[C@]3(O)C(=O)C(C(N)=O)=C(O)C[C@@H]3CC1C2)Cc1ccccc1. The van der Waals surface area contributed by atoms with Crippen LogP contribution in [0.25, 0.3) is 0 Å². The number of anilines is 1. The number of aliphatic hydroxyl groups excluding tert-OH is 2. The fourth-order valence-corrected chi connectivity index (χ4v) is 6.38. The van der Waals surface area contributed by atoms with Crippen LogP contribution in [0.4, 0.5) is 5.69 Å². The molecule has 3 atom stereocenters. The van der Waals surface area contributed by atoms with Gasteiger partial charge < -0.3 is 31.1 Å². The molecule has 2 aromatic carbocycles. The highest BCUT2D eigenvalue weighted by Crippen LogP contribution is 2.52. The maximum atomic E-state index is 14.0. The minimum absolute atomic E-state index is 0.0558. The number of fused-ring (bicyclic) bond motifs is 3. The van der Waals surface area contributed by atoms with E-state index in [1.54, 1.807) is 20.2 Å². The standard InChI is InChI=1S/C32H33N3O7/c1-34(2)22-14-18(10-7-11-35(3)16-17-8-5-4-6-9-17)27(37)25-21(22)13-19-12-20-15-23(36)26(31(33)41)30(40)32(20,42)29(39)24(19)28(25)38/h4-6,8-9,14,19-20,36-37,39,42H,11-13,15-16H2,1-3H3,(H2,33,41)/t19?,20-,32-/m0/s1. The Kier molecular flexibility index (Phi) is 7.35. The van der Waals surface area contributed by atoms with Crippen molar-refractivity contribution in [2.24, 2.45) is 17.6 Å². The van der Waals surface area contributed by atoms with E-state index in [2.05, 4.69) is 11.8 Å². The van der Waals surface area contributed by atoms with Gasteiger partial charge in [0.15, 0.2) is 11.4 Å². The Bertz CT molecular complexity index is 1630. The number of rotatable bonds is 5. The Hall–Kier alpha value is -4.59. The topological polar surface area (TPSA) is 165 Å². The summed E-state index contributed by atoms with van der Waals surface area (Å²) >= 11 is 0. The van der Waals surface area contributed by atoms with Gasteiger partial charge in [0.25, 0.3) is 5.91 Å².